The Kier molecular flexibility index (Phi) is 4.68. The summed E-state index contributed by atoms with van der Waals surface area (Å²) in [6.07, 6.45) is -0.654. The van der Waals surface area contributed by atoms with Crippen molar-refractivity contribution < 1.29 is 19.4 Å². The van der Waals surface area contributed by atoms with E-state index in [9.17, 15) is 14.7 Å². The monoisotopic (exact) mass is 330 g/mol. The van der Waals surface area contributed by atoms with Crippen molar-refractivity contribution in [2.24, 2.45) is 16.0 Å². The van der Waals surface area contributed by atoms with E-state index in [0.29, 0.717) is 16.5 Å². The number of amides is 3. The Hall–Kier alpha value is -3.16. The lowest BCUT2D eigenvalue weighted by Gasteiger charge is -2.20. The van der Waals surface area contributed by atoms with Gasteiger partial charge < -0.3 is 15.6 Å². The van der Waals surface area contributed by atoms with Crippen LogP contribution in [-0.2, 0) is 4.74 Å². The fraction of sp³-hybridized carbons (Fsp3) is 0.250. The predicted molar refractivity (Wildman–Crippen MR) is 89.6 cm³/mol. The number of hydrogen-bond donors (Lipinski definition) is 3. The third-order valence-corrected chi connectivity index (χ3v) is 2.89. The fourth-order valence-corrected chi connectivity index (χ4v) is 2.05. The van der Waals surface area contributed by atoms with E-state index in [1.807, 2.05) is 0 Å². The standard InChI is InChI=1S/C16H18N4O4/c1-16(2,3)24-15(23)18-10-6-4-5-9-7-8-11(13(21)12(9)10)19-20-14(17)22/h4-8,21H,1-3H3,(H2,17,22)(H,18,23). The van der Waals surface area contributed by atoms with E-state index in [1.165, 1.54) is 6.07 Å². The summed E-state index contributed by atoms with van der Waals surface area (Å²) in [6, 6.07) is 7.27. The zero-order valence-corrected chi connectivity index (χ0v) is 13.5. The second-order valence-corrected chi connectivity index (χ2v) is 6.00. The van der Waals surface area contributed by atoms with E-state index in [4.69, 9.17) is 10.5 Å². The molecule has 0 aromatic heterocycles. The van der Waals surface area contributed by atoms with E-state index < -0.39 is 17.7 Å². The summed E-state index contributed by atoms with van der Waals surface area (Å²) in [4.78, 5) is 22.7. The van der Waals surface area contributed by atoms with Crippen molar-refractivity contribution in [3.8, 4) is 5.75 Å². The smallest absolute Gasteiger partial charge is 0.412 e. The third kappa shape index (κ3) is 4.19. The number of phenols is 1. The molecule has 0 aliphatic rings. The van der Waals surface area contributed by atoms with E-state index in [2.05, 4.69) is 15.5 Å². The topological polar surface area (TPSA) is 126 Å². The van der Waals surface area contributed by atoms with Gasteiger partial charge in [0.1, 0.15) is 11.3 Å². The molecule has 8 heteroatoms. The average molecular weight is 330 g/mol. The number of benzene rings is 2. The number of ether oxygens (including phenoxy) is 1. The third-order valence-electron chi connectivity index (χ3n) is 2.89. The van der Waals surface area contributed by atoms with Crippen LogP contribution in [0, 0.1) is 0 Å². The van der Waals surface area contributed by atoms with E-state index in [1.54, 1.807) is 45.0 Å². The van der Waals surface area contributed by atoms with E-state index >= 15 is 0 Å². The van der Waals surface area contributed by atoms with Crippen LogP contribution in [0.1, 0.15) is 20.8 Å². The summed E-state index contributed by atoms with van der Waals surface area (Å²) < 4.78 is 5.20. The number of azo groups is 1. The van der Waals surface area contributed by atoms with Crippen molar-refractivity contribution in [1.82, 2.24) is 0 Å². The van der Waals surface area contributed by atoms with Crippen LogP contribution in [0.15, 0.2) is 40.6 Å². The molecule has 0 saturated heterocycles. The molecule has 2 aromatic carbocycles. The number of primary amides is 1. The molecule has 0 aliphatic carbocycles. The highest BCUT2D eigenvalue weighted by Crippen LogP contribution is 2.39. The lowest BCUT2D eigenvalue weighted by atomic mass is 10.1. The molecule has 4 N–H and O–H groups in total. The Labute approximate surface area is 138 Å². The first-order chi connectivity index (χ1) is 11.2. The molecule has 0 radical (unpaired) electrons. The van der Waals surface area contributed by atoms with Gasteiger partial charge in [0.15, 0.2) is 5.75 Å². The molecule has 2 aromatic rings. The normalized spacial score (nSPS) is 11.6. The number of nitrogens with zero attached hydrogens (tertiary/aromatic N) is 2. The van der Waals surface area contributed by atoms with Gasteiger partial charge >= 0.3 is 12.1 Å². The van der Waals surface area contributed by atoms with Gasteiger partial charge in [0, 0.05) is 5.39 Å². The van der Waals surface area contributed by atoms with Gasteiger partial charge in [-0.25, -0.2) is 9.59 Å². The summed E-state index contributed by atoms with van der Waals surface area (Å²) in [5, 5.41) is 20.8. The molecule has 0 bridgehead atoms. The Morgan fingerprint density at radius 3 is 2.54 bits per heavy atom. The molecule has 0 spiro atoms. The highest BCUT2D eigenvalue weighted by atomic mass is 16.6. The second kappa shape index (κ2) is 6.53. The summed E-state index contributed by atoms with van der Waals surface area (Å²) in [7, 11) is 0. The van der Waals surface area contributed by atoms with Gasteiger partial charge in [-0.3, -0.25) is 5.32 Å². The molecular formula is C16H18N4O4. The van der Waals surface area contributed by atoms with Gasteiger partial charge in [0.25, 0.3) is 0 Å². The van der Waals surface area contributed by atoms with Crippen molar-refractivity contribution in [3.63, 3.8) is 0 Å². The second-order valence-electron chi connectivity index (χ2n) is 6.00. The molecular weight excluding hydrogens is 312 g/mol. The van der Waals surface area contributed by atoms with E-state index in [-0.39, 0.29) is 11.4 Å². The number of aromatic hydroxyl groups is 1. The minimum atomic E-state index is -0.977. The number of nitrogens with one attached hydrogen (secondary N) is 1. The maximum atomic E-state index is 12.0. The van der Waals surface area contributed by atoms with Crippen LogP contribution in [0.2, 0.25) is 0 Å². The highest BCUT2D eigenvalue weighted by molar-refractivity contribution is 6.05. The van der Waals surface area contributed by atoms with Crippen molar-refractivity contribution in [3.05, 3.63) is 30.3 Å². The zero-order chi connectivity index (χ0) is 17.9. The number of anilines is 1. The van der Waals surface area contributed by atoms with Gasteiger partial charge in [0.05, 0.1) is 5.69 Å². The molecule has 0 unspecified atom stereocenters. The molecule has 126 valence electrons. The molecule has 3 amide bonds. The van der Waals surface area contributed by atoms with Crippen molar-refractivity contribution in [1.29, 1.82) is 0 Å². The van der Waals surface area contributed by atoms with E-state index in [0.717, 1.165) is 0 Å². The maximum absolute atomic E-state index is 12.0. The molecule has 0 saturated carbocycles. The first-order valence-corrected chi connectivity index (χ1v) is 7.13. The Balaban J connectivity index is 2.45. The van der Waals surface area contributed by atoms with Crippen LogP contribution in [-0.4, -0.2) is 22.8 Å². The van der Waals surface area contributed by atoms with Crippen LogP contribution in [0.25, 0.3) is 10.8 Å². The van der Waals surface area contributed by atoms with Crippen LogP contribution in [0.3, 0.4) is 0 Å². The largest absolute Gasteiger partial charge is 0.505 e. The number of carbonyl (C=O) groups excluding carboxylic acids is 2. The lowest BCUT2D eigenvalue weighted by Crippen LogP contribution is -2.27. The zero-order valence-electron chi connectivity index (χ0n) is 13.5. The van der Waals surface area contributed by atoms with Crippen LogP contribution >= 0.6 is 0 Å². The van der Waals surface area contributed by atoms with Gasteiger partial charge in [-0.05, 0) is 38.3 Å². The first-order valence-electron chi connectivity index (χ1n) is 7.13. The summed E-state index contributed by atoms with van der Waals surface area (Å²) in [5.74, 6) is -0.232. The lowest BCUT2D eigenvalue weighted by molar-refractivity contribution is 0.0636. The highest BCUT2D eigenvalue weighted by Gasteiger charge is 2.18. The van der Waals surface area contributed by atoms with Gasteiger partial charge in [0.2, 0.25) is 0 Å². The molecule has 0 atom stereocenters. The van der Waals surface area contributed by atoms with Gasteiger partial charge in [-0.15, -0.1) is 5.11 Å². The molecule has 8 nitrogen and oxygen atoms in total. The Bertz CT molecular complexity index is 825. The number of urea groups is 1. The summed E-state index contributed by atoms with van der Waals surface area (Å²) in [5.41, 5.74) is 4.65. The molecule has 24 heavy (non-hydrogen) atoms. The number of phenolic OH excluding ortho intramolecular Hbond substituents is 1. The Morgan fingerprint density at radius 1 is 1.21 bits per heavy atom. The average Bonchev–Trinajstić information content (AvgIpc) is 2.44. The fourth-order valence-electron chi connectivity index (χ4n) is 2.05. The predicted octanol–water partition coefficient (Wildman–Crippen LogP) is 4.05. The minimum Gasteiger partial charge on any atom is -0.505 e. The summed E-state index contributed by atoms with van der Waals surface area (Å²) in [6.45, 7) is 5.24. The number of rotatable bonds is 2. The quantitative estimate of drug-likeness (QED) is 0.718. The maximum Gasteiger partial charge on any atom is 0.412 e. The molecule has 2 rings (SSSR count). The van der Waals surface area contributed by atoms with Crippen molar-refractivity contribution >= 4 is 34.3 Å². The summed E-state index contributed by atoms with van der Waals surface area (Å²) >= 11 is 0. The number of fused-ring (bicyclic) bond motifs is 1. The van der Waals surface area contributed by atoms with Crippen LogP contribution in [0.4, 0.5) is 21.0 Å². The Morgan fingerprint density at radius 2 is 1.92 bits per heavy atom. The van der Waals surface area contributed by atoms with Crippen LogP contribution in [0.5, 0.6) is 5.75 Å². The molecule has 0 aliphatic heterocycles. The number of carbonyl (C=O) groups is 2. The molecule has 0 fully saturated rings. The minimum absolute atomic E-state index is 0.0553. The number of hydrogen-bond acceptors (Lipinski definition) is 5. The van der Waals surface area contributed by atoms with Crippen molar-refractivity contribution in [2.45, 2.75) is 26.4 Å². The first kappa shape index (κ1) is 17.2. The van der Waals surface area contributed by atoms with Crippen LogP contribution < -0.4 is 11.1 Å². The van der Waals surface area contributed by atoms with Crippen molar-refractivity contribution in [2.75, 3.05) is 5.32 Å². The van der Waals surface area contributed by atoms with Gasteiger partial charge in [-0.2, -0.15) is 0 Å². The molecule has 0 heterocycles. The number of nitrogens with two attached hydrogens (primary N) is 1. The van der Waals surface area contributed by atoms with Gasteiger partial charge in [-0.1, -0.05) is 23.3 Å². The SMILES string of the molecule is CC(C)(C)OC(=O)Nc1cccc2ccc(N=NC(N)=O)c(O)c12.